The summed E-state index contributed by atoms with van der Waals surface area (Å²) in [5.74, 6) is 0.951. The van der Waals surface area contributed by atoms with Gasteiger partial charge in [0, 0.05) is 43.0 Å². The van der Waals surface area contributed by atoms with Crippen LogP contribution in [0.25, 0.3) is 0 Å². The van der Waals surface area contributed by atoms with Crippen molar-refractivity contribution in [2.24, 2.45) is 5.10 Å². The number of hydrazone groups is 1. The first-order valence-corrected chi connectivity index (χ1v) is 11.2. The van der Waals surface area contributed by atoms with Gasteiger partial charge in [-0.2, -0.15) is 10.2 Å². The van der Waals surface area contributed by atoms with Crippen molar-refractivity contribution in [1.29, 1.82) is 0 Å². The molecule has 1 fully saturated rings. The molecule has 0 bridgehead atoms. The molecule has 2 heterocycles. The third kappa shape index (κ3) is 5.93. The van der Waals surface area contributed by atoms with Crippen molar-refractivity contribution < 1.29 is 9.53 Å². The predicted octanol–water partition coefficient (Wildman–Crippen LogP) is 2.38. The van der Waals surface area contributed by atoms with Gasteiger partial charge in [-0.05, 0) is 60.2 Å². The van der Waals surface area contributed by atoms with Gasteiger partial charge in [-0.1, -0.05) is 11.6 Å². The Morgan fingerprint density at radius 3 is 2.38 bits per heavy atom. The Hall–Kier alpha value is -3.85. The molecular weight excluding hydrogens is 456 g/mol. The molecule has 1 N–H and O–H groups in total. The Labute approximate surface area is 202 Å². The molecule has 0 radical (unpaired) electrons. The van der Waals surface area contributed by atoms with E-state index in [-0.39, 0.29) is 12.1 Å². The number of rotatable bonds is 7. The maximum Gasteiger partial charge on any atom is 0.267 e. The minimum atomic E-state index is -0.441. The largest absolute Gasteiger partial charge is 0.497 e. The number of aromatic nitrogens is 2. The lowest BCUT2D eigenvalue weighted by molar-refractivity contribution is -0.121. The second-order valence-corrected chi connectivity index (χ2v) is 8.14. The number of halogens is 1. The Balaban J connectivity index is 1.33. The Morgan fingerprint density at radius 1 is 1.03 bits per heavy atom. The molecule has 4 rings (SSSR count). The van der Waals surface area contributed by atoms with E-state index >= 15 is 0 Å². The highest BCUT2D eigenvalue weighted by Gasteiger charge is 2.19. The molecule has 2 aromatic carbocycles. The van der Waals surface area contributed by atoms with Gasteiger partial charge in [0.15, 0.2) is 0 Å². The molecule has 1 aromatic heterocycles. The molecule has 176 valence electrons. The number of piperazine rings is 1. The lowest BCUT2D eigenvalue weighted by Crippen LogP contribution is -2.47. The molecule has 0 atom stereocenters. The molecule has 1 aliphatic rings. The summed E-state index contributed by atoms with van der Waals surface area (Å²) in [5.41, 5.74) is 4.00. The molecule has 1 saturated heterocycles. The van der Waals surface area contributed by atoms with E-state index < -0.39 is 5.91 Å². The van der Waals surface area contributed by atoms with E-state index in [1.54, 1.807) is 25.3 Å². The SMILES string of the molecule is COc1ccc(/C=N/NC(=O)Cn2nc(N3CCN(c4ccc(Cl)cc4)CC3)ccc2=O)cc1. The molecule has 0 saturated carbocycles. The van der Waals surface area contributed by atoms with Gasteiger partial charge in [0.2, 0.25) is 0 Å². The quantitative estimate of drug-likeness (QED) is 0.412. The number of nitrogens with zero attached hydrogens (tertiary/aromatic N) is 5. The zero-order valence-corrected chi connectivity index (χ0v) is 19.5. The first-order chi connectivity index (χ1) is 16.5. The highest BCUT2D eigenvalue weighted by molar-refractivity contribution is 6.30. The highest BCUT2D eigenvalue weighted by atomic mass is 35.5. The molecule has 1 amide bonds. The van der Waals surface area contributed by atoms with Crippen LogP contribution >= 0.6 is 11.6 Å². The van der Waals surface area contributed by atoms with Crippen LogP contribution in [0, 0.1) is 0 Å². The number of ether oxygens (including phenoxy) is 1. The molecule has 0 unspecified atom stereocenters. The van der Waals surface area contributed by atoms with Gasteiger partial charge in [0.25, 0.3) is 11.5 Å². The molecular formula is C24H25ClN6O3. The second-order valence-electron chi connectivity index (χ2n) is 7.70. The van der Waals surface area contributed by atoms with E-state index in [0.29, 0.717) is 10.8 Å². The molecule has 0 aliphatic carbocycles. The van der Waals surface area contributed by atoms with E-state index in [9.17, 15) is 9.59 Å². The van der Waals surface area contributed by atoms with E-state index in [4.69, 9.17) is 16.3 Å². The second kappa shape index (κ2) is 10.8. The highest BCUT2D eigenvalue weighted by Crippen LogP contribution is 2.21. The summed E-state index contributed by atoms with van der Waals surface area (Å²) in [4.78, 5) is 28.9. The van der Waals surface area contributed by atoms with Crippen LogP contribution in [0.4, 0.5) is 11.5 Å². The van der Waals surface area contributed by atoms with Crippen LogP contribution in [0.2, 0.25) is 5.02 Å². The fourth-order valence-corrected chi connectivity index (χ4v) is 3.73. The minimum absolute atomic E-state index is 0.225. The maximum atomic E-state index is 12.3. The van der Waals surface area contributed by atoms with Crippen LogP contribution in [-0.2, 0) is 11.3 Å². The van der Waals surface area contributed by atoms with Crippen molar-refractivity contribution >= 4 is 35.2 Å². The summed E-state index contributed by atoms with van der Waals surface area (Å²) in [6, 6.07) is 18.1. The van der Waals surface area contributed by atoms with Crippen LogP contribution < -0.4 is 25.5 Å². The Morgan fingerprint density at radius 2 is 1.71 bits per heavy atom. The van der Waals surface area contributed by atoms with E-state index in [1.165, 1.54) is 12.3 Å². The maximum absolute atomic E-state index is 12.3. The van der Waals surface area contributed by atoms with Crippen LogP contribution in [0.5, 0.6) is 5.75 Å². The molecule has 34 heavy (non-hydrogen) atoms. The number of hydrogen-bond donors (Lipinski definition) is 1. The van der Waals surface area contributed by atoms with Gasteiger partial charge in [-0.15, -0.1) is 0 Å². The smallest absolute Gasteiger partial charge is 0.267 e. The lowest BCUT2D eigenvalue weighted by atomic mass is 10.2. The first-order valence-electron chi connectivity index (χ1n) is 10.8. The number of methoxy groups -OCH3 is 1. The van der Waals surface area contributed by atoms with Gasteiger partial charge in [0.1, 0.15) is 18.1 Å². The van der Waals surface area contributed by atoms with Gasteiger partial charge < -0.3 is 14.5 Å². The third-order valence-electron chi connectivity index (χ3n) is 5.46. The average Bonchev–Trinajstić information content (AvgIpc) is 2.86. The minimum Gasteiger partial charge on any atom is -0.497 e. The Bertz CT molecular complexity index is 1200. The van der Waals surface area contributed by atoms with Crippen LogP contribution in [0.3, 0.4) is 0 Å². The van der Waals surface area contributed by atoms with E-state index in [0.717, 1.165) is 47.9 Å². The average molecular weight is 481 g/mol. The summed E-state index contributed by atoms with van der Waals surface area (Å²) in [6.07, 6.45) is 1.52. The number of benzene rings is 2. The van der Waals surface area contributed by atoms with Crippen LogP contribution in [-0.4, -0.2) is 55.2 Å². The van der Waals surface area contributed by atoms with Crippen molar-refractivity contribution in [3.63, 3.8) is 0 Å². The molecule has 9 nitrogen and oxygen atoms in total. The monoisotopic (exact) mass is 480 g/mol. The Kier molecular flexibility index (Phi) is 7.44. The molecule has 10 heteroatoms. The van der Waals surface area contributed by atoms with E-state index in [1.807, 2.05) is 36.4 Å². The summed E-state index contributed by atoms with van der Waals surface area (Å²) in [6.45, 7) is 2.88. The molecule has 3 aromatic rings. The summed E-state index contributed by atoms with van der Waals surface area (Å²) >= 11 is 5.98. The fourth-order valence-electron chi connectivity index (χ4n) is 3.61. The summed E-state index contributed by atoms with van der Waals surface area (Å²) in [5, 5.41) is 9.06. The van der Waals surface area contributed by atoms with Crippen molar-refractivity contribution in [2.45, 2.75) is 6.54 Å². The van der Waals surface area contributed by atoms with Crippen LogP contribution in [0.1, 0.15) is 5.56 Å². The van der Waals surface area contributed by atoms with E-state index in [2.05, 4.69) is 25.4 Å². The number of hydrogen-bond acceptors (Lipinski definition) is 7. The number of nitrogens with one attached hydrogen (secondary N) is 1. The van der Waals surface area contributed by atoms with Gasteiger partial charge in [-0.25, -0.2) is 10.1 Å². The topological polar surface area (TPSA) is 92.1 Å². The van der Waals surface area contributed by atoms with Crippen molar-refractivity contribution in [2.75, 3.05) is 43.1 Å². The van der Waals surface area contributed by atoms with Crippen LogP contribution in [0.15, 0.2) is 70.6 Å². The molecule has 0 spiro atoms. The lowest BCUT2D eigenvalue weighted by Gasteiger charge is -2.36. The van der Waals surface area contributed by atoms with Gasteiger partial charge >= 0.3 is 0 Å². The predicted molar refractivity (Wildman–Crippen MR) is 133 cm³/mol. The number of carbonyl (C=O) groups excluding carboxylic acids is 1. The number of amides is 1. The zero-order chi connectivity index (χ0) is 23.9. The van der Waals surface area contributed by atoms with Crippen molar-refractivity contribution in [3.8, 4) is 5.75 Å². The fraction of sp³-hybridized carbons (Fsp3) is 0.250. The normalized spacial score (nSPS) is 13.8. The van der Waals surface area contributed by atoms with Crippen molar-refractivity contribution in [3.05, 3.63) is 81.6 Å². The first kappa shape index (κ1) is 23.3. The third-order valence-corrected chi connectivity index (χ3v) is 5.71. The van der Waals surface area contributed by atoms with Gasteiger partial charge in [0.05, 0.1) is 13.3 Å². The number of carbonyl (C=O) groups is 1. The number of anilines is 2. The summed E-state index contributed by atoms with van der Waals surface area (Å²) in [7, 11) is 1.59. The van der Waals surface area contributed by atoms with Crippen molar-refractivity contribution in [1.82, 2.24) is 15.2 Å². The standard InChI is InChI=1S/C24H25ClN6O3/c1-34-21-8-2-18(3-9-21)16-26-27-23(32)17-31-24(33)11-10-22(28-31)30-14-12-29(13-15-30)20-6-4-19(25)5-7-20/h2-11,16H,12-15,17H2,1H3,(H,27,32)/b26-16+. The zero-order valence-electron chi connectivity index (χ0n) is 18.7. The van der Waals surface area contributed by atoms with Gasteiger partial charge in [-0.3, -0.25) is 9.59 Å². The molecule has 1 aliphatic heterocycles. The summed E-state index contributed by atoms with van der Waals surface area (Å²) < 4.78 is 6.26.